The number of aliphatic hydroxyl groups excluding tert-OH is 1. The lowest BCUT2D eigenvalue weighted by molar-refractivity contribution is -0.459. The highest BCUT2D eigenvalue weighted by Gasteiger charge is 2.86. The summed E-state index contributed by atoms with van der Waals surface area (Å²) in [5, 5.41) is 23.7. The van der Waals surface area contributed by atoms with Gasteiger partial charge in [-0.1, -0.05) is 101 Å². The Bertz CT molecular complexity index is 843. The van der Waals surface area contributed by atoms with Crippen molar-refractivity contribution in [2.24, 2.45) is 5.41 Å². The van der Waals surface area contributed by atoms with Gasteiger partial charge < -0.3 is 10.2 Å². The summed E-state index contributed by atoms with van der Waals surface area (Å²) in [4.78, 5) is 0. The predicted octanol–water partition coefficient (Wildman–Crippen LogP) is 6.60. The minimum Gasteiger partial charge on any atom is -0.364 e. The van der Waals surface area contributed by atoms with Gasteiger partial charge in [0, 0.05) is 11.1 Å². The summed E-state index contributed by atoms with van der Waals surface area (Å²) in [6.45, 7) is 23.7. The molecule has 0 aromatic heterocycles. The first-order chi connectivity index (χ1) is 14.9. The van der Waals surface area contributed by atoms with Gasteiger partial charge in [-0.25, -0.2) is 0 Å². The van der Waals surface area contributed by atoms with Crippen LogP contribution in [-0.4, -0.2) is 22.5 Å². The van der Waals surface area contributed by atoms with Crippen molar-refractivity contribution >= 4 is 13.2 Å². The molecule has 188 valence electrons. The smallest absolute Gasteiger partial charge is 0.364 e. The summed E-state index contributed by atoms with van der Waals surface area (Å²) >= 11 is 0. The molecule has 3 aliphatic heterocycles. The van der Waals surface area contributed by atoms with Gasteiger partial charge in [0.25, 0.3) is 0 Å². The van der Waals surface area contributed by atoms with E-state index in [-0.39, 0.29) is 16.2 Å². The Morgan fingerprint density at radius 3 is 1.70 bits per heavy atom. The Morgan fingerprint density at radius 2 is 1.36 bits per heavy atom. The SMILES string of the molecule is CCCCC1(CC)C(O)O[P+]2(c3c(C(C)(C)C)cc(C(C)(C)C)cc3C(C)(C)C)OC1(O)O2. The second-order valence-electron chi connectivity index (χ2n) is 13.0. The van der Waals surface area contributed by atoms with Gasteiger partial charge in [-0.3, -0.25) is 0 Å². The number of rotatable bonds is 5. The molecule has 2 N–H and O–H groups in total. The molecule has 2 unspecified atom stereocenters. The molecule has 5 nitrogen and oxygen atoms in total. The lowest BCUT2D eigenvalue weighted by Crippen LogP contribution is -2.70. The van der Waals surface area contributed by atoms with Gasteiger partial charge in [0.05, 0.1) is 0 Å². The van der Waals surface area contributed by atoms with Crippen molar-refractivity contribution in [2.75, 3.05) is 0 Å². The van der Waals surface area contributed by atoms with Gasteiger partial charge in [-0.15, -0.1) is 13.6 Å². The summed E-state index contributed by atoms with van der Waals surface area (Å²) in [5.41, 5.74) is 1.92. The third-order valence-electron chi connectivity index (χ3n) is 7.30. The number of hydrogen-bond donors (Lipinski definition) is 2. The third-order valence-corrected chi connectivity index (χ3v) is 9.78. The van der Waals surface area contributed by atoms with Crippen LogP contribution in [0.5, 0.6) is 0 Å². The van der Waals surface area contributed by atoms with E-state index in [1.807, 2.05) is 6.92 Å². The molecule has 3 fully saturated rings. The molecule has 0 radical (unpaired) electrons. The van der Waals surface area contributed by atoms with E-state index in [2.05, 4.69) is 81.4 Å². The number of aliphatic hydroxyl groups is 2. The van der Waals surface area contributed by atoms with Crippen molar-refractivity contribution in [1.29, 1.82) is 0 Å². The first-order valence-electron chi connectivity index (χ1n) is 12.5. The molecule has 2 bridgehead atoms. The largest absolute Gasteiger partial charge is 0.463 e. The van der Waals surface area contributed by atoms with Crippen LogP contribution in [0.15, 0.2) is 12.1 Å². The molecule has 0 saturated carbocycles. The summed E-state index contributed by atoms with van der Waals surface area (Å²) in [5.74, 6) is -1.84. The van der Waals surface area contributed by atoms with Crippen molar-refractivity contribution in [1.82, 2.24) is 0 Å². The Labute approximate surface area is 201 Å². The maximum Gasteiger partial charge on any atom is 0.463 e. The van der Waals surface area contributed by atoms with Crippen molar-refractivity contribution < 1.29 is 23.8 Å². The van der Waals surface area contributed by atoms with E-state index in [9.17, 15) is 10.2 Å². The van der Waals surface area contributed by atoms with Crippen molar-refractivity contribution in [2.45, 2.75) is 130 Å². The van der Waals surface area contributed by atoms with Gasteiger partial charge in [-0.2, -0.15) is 0 Å². The first kappa shape index (κ1) is 27.0. The van der Waals surface area contributed by atoms with Gasteiger partial charge in [0.15, 0.2) is 5.30 Å². The Hall–Kier alpha value is -0.550. The van der Waals surface area contributed by atoms with Crippen molar-refractivity contribution in [3.05, 3.63) is 28.8 Å². The van der Waals surface area contributed by atoms with E-state index in [1.165, 1.54) is 5.56 Å². The minimum absolute atomic E-state index is 0.0405. The van der Waals surface area contributed by atoms with Crippen LogP contribution < -0.4 is 5.30 Å². The number of benzene rings is 1. The molecule has 3 saturated heterocycles. The van der Waals surface area contributed by atoms with Crippen LogP contribution in [0.4, 0.5) is 0 Å². The van der Waals surface area contributed by atoms with Crippen LogP contribution in [0.1, 0.15) is 119 Å². The number of unbranched alkanes of at least 4 members (excludes halogenated alkanes) is 1. The van der Waals surface area contributed by atoms with E-state index < -0.39 is 25.6 Å². The van der Waals surface area contributed by atoms with Crippen LogP contribution >= 0.6 is 7.94 Å². The molecule has 4 rings (SSSR count). The second-order valence-corrected chi connectivity index (χ2v) is 15.0. The fraction of sp³-hybridized carbons (Fsp3) is 0.778. The number of hydrogen-bond acceptors (Lipinski definition) is 5. The molecule has 1 aromatic carbocycles. The van der Waals surface area contributed by atoms with E-state index in [1.54, 1.807) is 0 Å². The van der Waals surface area contributed by atoms with Crippen LogP contribution in [0.25, 0.3) is 0 Å². The summed E-state index contributed by atoms with van der Waals surface area (Å²) in [6.07, 6.45) is 1.69. The van der Waals surface area contributed by atoms with Crippen LogP contribution in [-0.2, 0) is 29.8 Å². The maximum absolute atomic E-state index is 11.5. The van der Waals surface area contributed by atoms with Crippen molar-refractivity contribution in [3.63, 3.8) is 0 Å². The second kappa shape index (κ2) is 8.25. The molecular weight excluding hydrogens is 435 g/mol. The zero-order valence-electron chi connectivity index (χ0n) is 22.6. The van der Waals surface area contributed by atoms with Crippen LogP contribution in [0.2, 0.25) is 0 Å². The topological polar surface area (TPSA) is 68.2 Å². The zero-order valence-corrected chi connectivity index (χ0v) is 23.5. The molecule has 2 atom stereocenters. The Morgan fingerprint density at radius 1 is 0.879 bits per heavy atom. The van der Waals surface area contributed by atoms with Gasteiger partial charge in [-0.05, 0) is 34.7 Å². The maximum atomic E-state index is 11.5. The Balaban J connectivity index is 2.24. The lowest BCUT2D eigenvalue weighted by atomic mass is 9.75. The summed E-state index contributed by atoms with van der Waals surface area (Å²) in [6, 6.07) is 4.47. The van der Waals surface area contributed by atoms with Gasteiger partial charge in [0.2, 0.25) is 6.29 Å². The van der Waals surface area contributed by atoms with E-state index in [4.69, 9.17) is 13.6 Å². The average molecular weight is 482 g/mol. The molecular formula is C27H46O5P+. The molecule has 0 amide bonds. The third kappa shape index (κ3) is 4.32. The summed E-state index contributed by atoms with van der Waals surface area (Å²) in [7, 11) is -3.16. The Kier molecular flexibility index (Phi) is 6.76. The summed E-state index contributed by atoms with van der Waals surface area (Å²) < 4.78 is 19.1. The number of fused-ring (bicyclic) bond motifs is 2. The highest BCUT2D eigenvalue weighted by Crippen LogP contribution is 2.83. The minimum atomic E-state index is -3.16. The fourth-order valence-electron chi connectivity index (χ4n) is 4.94. The fourth-order valence-corrected chi connectivity index (χ4v) is 8.20. The van der Waals surface area contributed by atoms with Crippen LogP contribution in [0, 0.1) is 5.41 Å². The molecule has 1 aromatic rings. The zero-order chi connectivity index (χ0) is 25.3. The molecule has 3 heterocycles. The monoisotopic (exact) mass is 481 g/mol. The van der Waals surface area contributed by atoms with Gasteiger partial charge >= 0.3 is 13.9 Å². The predicted molar refractivity (Wildman–Crippen MR) is 136 cm³/mol. The van der Waals surface area contributed by atoms with E-state index in [0.29, 0.717) is 12.8 Å². The van der Waals surface area contributed by atoms with Gasteiger partial charge in [0.1, 0.15) is 5.41 Å². The molecule has 33 heavy (non-hydrogen) atoms. The quantitative estimate of drug-likeness (QED) is 0.464. The van der Waals surface area contributed by atoms with Crippen molar-refractivity contribution in [3.8, 4) is 0 Å². The standard InChI is InChI=1S/C27H46O5P/c1-12-14-15-26(13-2)22(28)30-33(31-27(26,29)32-33)21-19(24(6,7)8)16-18(23(3,4)5)17-20(21)25(9,10)11/h16-17,22,28-29H,12-15H2,1-11H3/q+1. The average Bonchev–Trinajstić information content (AvgIpc) is 2.63. The highest BCUT2D eigenvalue weighted by atomic mass is 31.2. The first-order valence-corrected chi connectivity index (χ1v) is 14.0. The molecule has 0 aliphatic carbocycles. The molecule has 6 heteroatoms. The normalized spacial score (nSPS) is 32.6. The van der Waals surface area contributed by atoms with E-state index >= 15 is 0 Å². The molecule has 0 spiro atoms. The van der Waals surface area contributed by atoms with Crippen LogP contribution in [0.3, 0.4) is 0 Å². The molecule has 3 aliphatic rings. The van der Waals surface area contributed by atoms with E-state index in [0.717, 1.165) is 29.3 Å². The lowest BCUT2D eigenvalue weighted by Gasteiger charge is -2.57. The highest BCUT2D eigenvalue weighted by molar-refractivity contribution is 7.70.